The Kier molecular flexibility index (Phi) is 4.40. The van der Waals surface area contributed by atoms with Crippen LogP contribution in [0.25, 0.3) is 10.1 Å². The predicted octanol–water partition coefficient (Wildman–Crippen LogP) is 4.61. The van der Waals surface area contributed by atoms with Gasteiger partial charge in [0, 0.05) is 10.3 Å². The molecule has 0 aliphatic rings. The third kappa shape index (κ3) is 3.19. The number of Topliss-reactive ketones (excluding diaryl/α,β-unsaturated/α-hetero) is 1. The average Bonchev–Trinajstić information content (AvgIpc) is 3.01. The SMILES string of the molecule is CC(OC(=O)c1cc2ccccc2s1)C(=O)c1ccc(F)c(F)c1. The van der Waals surface area contributed by atoms with Crippen molar-refractivity contribution in [1.29, 1.82) is 0 Å². The second-order valence-electron chi connectivity index (χ2n) is 5.19. The van der Waals surface area contributed by atoms with Gasteiger partial charge in [0.15, 0.2) is 17.7 Å². The number of ether oxygens (including phenoxy) is 1. The summed E-state index contributed by atoms with van der Waals surface area (Å²) in [5.74, 6) is -3.38. The Bertz CT molecular complexity index is 900. The smallest absolute Gasteiger partial charge is 0.349 e. The standard InChI is InChI=1S/C18H12F2O3S/c1-10(17(21)12-6-7-13(19)14(20)8-12)23-18(22)16-9-11-4-2-3-5-15(11)24-16/h2-10H,1H3. The zero-order chi connectivity index (χ0) is 17.3. The van der Waals surface area contributed by atoms with E-state index in [0.717, 1.165) is 28.3 Å². The first-order valence-corrected chi connectivity index (χ1v) is 7.96. The second kappa shape index (κ2) is 6.49. The molecule has 1 atom stereocenters. The van der Waals surface area contributed by atoms with Crippen molar-refractivity contribution < 1.29 is 23.1 Å². The summed E-state index contributed by atoms with van der Waals surface area (Å²) in [6, 6.07) is 12.0. The van der Waals surface area contributed by atoms with Gasteiger partial charge in [-0.2, -0.15) is 0 Å². The molecule has 24 heavy (non-hydrogen) atoms. The van der Waals surface area contributed by atoms with E-state index in [9.17, 15) is 18.4 Å². The molecular formula is C18H12F2O3S. The lowest BCUT2D eigenvalue weighted by molar-refractivity contribution is 0.0323. The molecule has 2 aromatic carbocycles. The van der Waals surface area contributed by atoms with Crippen LogP contribution in [0.1, 0.15) is 27.0 Å². The van der Waals surface area contributed by atoms with Crippen LogP contribution in [0.2, 0.25) is 0 Å². The zero-order valence-corrected chi connectivity index (χ0v) is 13.4. The van der Waals surface area contributed by atoms with Gasteiger partial charge in [-0.3, -0.25) is 4.79 Å². The van der Waals surface area contributed by atoms with Crippen LogP contribution in [0.15, 0.2) is 48.5 Å². The summed E-state index contributed by atoms with van der Waals surface area (Å²) in [5.41, 5.74) is -0.0504. The zero-order valence-electron chi connectivity index (χ0n) is 12.6. The molecule has 0 bridgehead atoms. The minimum absolute atomic E-state index is 0.0504. The number of carbonyl (C=O) groups is 2. The van der Waals surface area contributed by atoms with Crippen LogP contribution in [0.3, 0.4) is 0 Å². The van der Waals surface area contributed by atoms with Crippen LogP contribution < -0.4 is 0 Å². The molecule has 1 aromatic heterocycles. The van der Waals surface area contributed by atoms with Gasteiger partial charge in [-0.1, -0.05) is 18.2 Å². The molecule has 3 aromatic rings. The fourth-order valence-corrected chi connectivity index (χ4v) is 3.18. The number of halogens is 2. The molecule has 3 rings (SSSR count). The highest BCUT2D eigenvalue weighted by Gasteiger charge is 2.22. The lowest BCUT2D eigenvalue weighted by Gasteiger charge is -2.11. The first kappa shape index (κ1) is 16.3. The van der Waals surface area contributed by atoms with Crippen LogP contribution in [-0.4, -0.2) is 17.9 Å². The summed E-state index contributed by atoms with van der Waals surface area (Å²) in [4.78, 5) is 24.7. The van der Waals surface area contributed by atoms with Gasteiger partial charge in [0.1, 0.15) is 4.88 Å². The minimum Gasteiger partial charge on any atom is -0.450 e. The van der Waals surface area contributed by atoms with E-state index in [1.165, 1.54) is 18.3 Å². The summed E-state index contributed by atoms with van der Waals surface area (Å²) in [5, 5.41) is 0.911. The van der Waals surface area contributed by atoms with Gasteiger partial charge < -0.3 is 4.74 Å². The third-order valence-corrected chi connectivity index (χ3v) is 4.58. The van der Waals surface area contributed by atoms with Gasteiger partial charge in [-0.25, -0.2) is 13.6 Å². The van der Waals surface area contributed by atoms with Crippen molar-refractivity contribution in [2.24, 2.45) is 0 Å². The number of benzene rings is 2. The van der Waals surface area contributed by atoms with Gasteiger partial charge in [-0.15, -0.1) is 11.3 Å². The number of ketones is 1. The number of fused-ring (bicyclic) bond motifs is 1. The van der Waals surface area contributed by atoms with Crippen molar-refractivity contribution >= 4 is 33.2 Å². The van der Waals surface area contributed by atoms with Crippen LogP contribution >= 0.6 is 11.3 Å². The van der Waals surface area contributed by atoms with Crippen molar-refractivity contribution in [2.45, 2.75) is 13.0 Å². The molecule has 0 amide bonds. The van der Waals surface area contributed by atoms with E-state index < -0.39 is 29.5 Å². The minimum atomic E-state index is -1.12. The monoisotopic (exact) mass is 346 g/mol. The van der Waals surface area contributed by atoms with Crippen LogP contribution in [0.4, 0.5) is 8.78 Å². The van der Waals surface area contributed by atoms with Crippen molar-refractivity contribution in [3.8, 4) is 0 Å². The van der Waals surface area contributed by atoms with Gasteiger partial charge in [0.25, 0.3) is 0 Å². The quantitative estimate of drug-likeness (QED) is 0.512. The molecule has 0 spiro atoms. The first-order valence-electron chi connectivity index (χ1n) is 7.14. The number of carbonyl (C=O) groups excluding carboxylic acids is 2. The molecule has 0 aliphatic carbocycles. The van der Waals surface area contributed by atoms with E-state index >= 15 is 0 Å². The van der Waals surface area contributed by atoms with E-state index in [2.05, 4.69) is 0 Å². The molecule has 1 unspecified atom stereocenters. The highest BCUT2D eigenvalue weighted by molar-refractivity contribution is 7.20. The van der Waals surface area contributed by atoms with Crippen molar-refractivity contribution in [1.82, 2.24) is 0 Å². The Balaban J connectivity index is 1.75. The summed E-state index contributed by atoms with van der Waals surface area (Å²) in [6.07, 6.45) is -1.10. The van der Waals surface area contributed by atoms with E-state index in [1.807, 2.05) is 24.3 Å². The van der Waals surface area contributed by atoms with Crippen LogP contribution in [0.5, 0.6) is 0 Å². The maximum Gasteiger partial charge on any atom is 0.349 e. The normalized spacial score (nSPS) is 12.1. The molecule has 3 nitrogen and oxygen atoms in total. The Morgan fingerprint density at radius 1 is 1.04 bits per heavy atom. The van der Waals surface area contributed by atoms with Gasteiger partial charge in [-0.05, 0) is 42.6 Å². The predicted molar refractivity (Wildman–Crippen MR) is 87.4 cm³/mol. The van der Waals surface area contributed by atoms with Crippen LogP contribution in [-0.2, 0) is 4.74 Å². The number of hydrogen-bond acceptors (Lipinski definition) is 4. The summed E-state index contributed by atoms with van der Waals surface area (Å²) in [7, 11) is 0. The van der Waals surface area contributed by atoms with E-state index in [4.69, 9.17) is 4.74 Å². The molecule has 0 N–H and O–H groups in total. The van der Waals surface area contributed by atoms with E-state index in [-0.39, 0.29) is 5.56 Å². The molecule has 122 valence electrons. The number of hydrogen-bond donors (Lipinski definition) is 0. The van der Waals surface area contributed by atoms with E-state index in [0.29, 0.717) is 4.88 Å². The molecular weight excluding hydrogens is 334 g/mol. The van der Waals surface area contributed by atoms with E-state index in [1.54, 1.807) is 6.07 Å². The van der Waals surface area contributed by atoms with Crippen molar-refractivity contribution in [2.75, 3.05) is 0 Å². The fourth-order valence-electron chi connectivity index (χ4n) is 2.24. The first-order chi connectivity index (χ1) is 11.5. The summed E-state index contributed by atoms with van der Waals surface area (Å²) < 4.78 is 32.2. The lowest BCUT2D eigenvalue weighted by Crippen LogP contribution is -2.24. The molecule has 0 saturated heterocycles. The van der Waals surface area contributed by atoms with Gasteiger partial charge in [0.2, 0.25) is 5.78 Å². The highest BCUT2D eigenvalue weighted by atomic mass is 32.1. The van der Waals surface area contributed by atoms with Gasteiger partial charge in [0.05, 0.1) is 0 Å². The maximum atomic E-state index is 13.2. The average molecular weight is 346 g/mol. The van der Waals surface area contributed by atoms with Crippen molar-refractivity contribution in [3.05, 3.63) is 70.6 Å². The molecule has 0 aliphatic heterocycles. The fraction of sp³-hybridized carbons (Fsp3) is 0.111. The number of thiophene rings is 1. The Morgan fingerprint density at radius 3 is 2.50 bits per heavy atom. The largest absolute Gasteiger partial charge is 0.450 e. The Hall–Kier alpha value is -2.60. The third-order valence-electron chi connectivity index (χ3n) is 3.48. The molecule has 0 fully saturated rings. The second-order valence-corrected chi connectivity index (χ2v) is 6.27. The number of esters is 1. The Morgan fingerprint density at radius 2 is 1.79 bits per heavy atom. The maximum absolute atomic E-state index is 13.2. The molecule has 0 saturated carbocycles. The molecule has 6 heteroatoms. The van der Waals surface area contributed by atoms with Crippen molar-refractivity contribution in [3.63, 3.8) is 0 Å². The highest BCUT2D eigenvalue weighted by Crippen LogP contribution is 2.26. The molecule has 1 heterocycles. The summed E-state index contributed by atoms with van der Waals surface area (Å²) >= 11 is 1.26. The van der Waals surface area contributed by atoms with Crippen LogP contribution in [0, 0.1) is 11.6 Å². The summed E-state index contributed by atoms with van der Waals surface area (Å²) in [6.45, 7) is 1.40. The molecule has 0 radical (unpaired) electrons. The lowest BCUT2D eigenvalue weighted by atomic mass is 10.1. The topological polar surface area (TPSA) is 43.4 Å². The number of rotatable bonds is 4. The Labute approximate surface area is 140 Å². The van der Waals surface area contributed by atoms with Gasteiger partial charge >= 0.3 is 5.97 Å².